The van der Waals surface area contributed by atoms with Gasteiger partial charge < -0.3 is 14.5 Å². The predicted octanol–water partition coefficient (Wildman–Crippen LogP) is 6.30. The molecule has 8 heteroatoms. The first-order chi connectivity index (χ1) is 19.9. The van der Waals surface area contributed by atoms with Gasteiger partial charge in [0.15, 0.2) is 0 Å². The number of rotatable bonds is 11. The Morgan fingerprint density at radius 3 is 2.39 bits per heavy atom. The Morgan fingerprint density at radius 1 is 0.902 bits per heavy atom. The Balaban J connectivity index is 1.20. The number of aryl methyl sites for hydroxylation is 2. The van der Waals surface area contributed by atoms with Crippen molar-refractivity contribution in [3.63, 3.8) is 0 Å². The van der Waals surface area contributed by atoms with Crippen molar-refractivity contribution in [2.45, 2.75) is 55.4 Å². The summed E-state index contributed by atoms with van der Waals surface area (Å²) in [5.74, 6) is -0.00312. The van der Waals surface area contributed by atoms with Crippen LogP contribution in [0.4, 0.5) is 0 Å². The summed E-state index contributed by atoms with van der Waals surface area (Å²) in [5, 5.41) is 11.0. The maximum Gasteiger partial charge on any atom is 0.343 e. The number of hydrogen-bond donors (Lipinski definition) is 2. The number of benzene rings is 3. The molecule has 1 fully saturated rings. The summed E-state index contributed by atoms with van der Waals surface area (Å²) < 4.78 is 32.1. The molecule has 0 aliphatic heterocycles. The van der Waals surface area contributed by atoms with Gasteiger partial charge in [-0.2, -0.15) is 0 Å². The van der Waals surface area contributed by atoms with Crippen LogP contribution < -0.4 is 5.63 Å². The Hall–Kier alpha value is -4.17. The number of aromatic hydroxyl groups is 1. The van der Waals surface area contributed by atoms with Gasteiger partial charge in [-0.1, -0.05) is 66.7 Å². The number of imidazole rings is 1. The number of aromatic nitrogens is 2. The first-order valence-electron chi connectivity index (χ1n) is 14.0. The Labute approximate surface area is 238 Å². The highest BCUT2D eigenvalue weighted by Crippen LogP contribution is 2.47. The highest BCUT2D eigenvalue weighted by Gasteiger charge is 2.37. The molecule has 0 amide bonds. The molecule has 2 aromatic heterocycles. The van der Waals surface area contributed by atoms with E-state index in [1.54, 1.807) is 30.3 Å². The number of sulfone groups is 1. The first kappa shape index (κ1) is 27.0. The summed E-state index contributed by atoms with van der Waals surface area (Å²) in [4.78, 5) is 20.4. The molecule has 0 bridgehead atoms. The van der Waals surface area contributed by atoms with Crippen LogP contribution in [0, 0.1) is 5.92 Å². The third-order valence-electron chi connectivity index (χ3n) is 7.73. The molecule has 6 rings (SSSR count). The van der Waals surface area contributed by atoms with Gasteiger partial charge in [0.2, 0.25) is 15.0 Å². The van der Waals surface area contributed by atoms with Crippen LogP contribution in [0.15, 0.2) is 99.3 Å². The van der Waals surface area contributed by atoms with Gasteiger partial charge in [0.1, 0.15) is 11.5 Å². The van der Waals surface area contributed by atoms with E-state index < -0.39 is 15.5 Å². The fourth-order valence-electron chi connectivity index (χ4n) is 5.57. The number of unbranched alkanes of at least 4 members (excludes halogenated alkanes) is 1. The van der Waals surface area contributed by atoms with Crippen LogP contribution in [-0.4, -0.2) is 23.5 Å². The monoisotopic (exact) mass is 568 g/mol. The van der Waals surface area contributed by atoms with E-state index in [0.717, 1.165) is 37.7 Å². The van der Waals surface area contributed by atoms with Crippen molar-refractivity contribution in [1.29, 1.82) is 0 Å². The van der Waals surface area contributed by atoms with Crippen molar-refractivity contribution >= 4 is 20.9 Å². The van der Waals surface area contributed by atoms with Crippen molar-refractivity contribution < 1.29 is 17.9 Å². The van der Waals surface area contributed by atoms with Gasteiger partial charge in [0, 0.05) is 18.4 Å². The van der Waals surface area contributed by atoms with Gasteiger partial charge >= 0.3 is 5.63 Å². The average Bonchev–Trinajstić information content (AvgIpc) is 3.69. The lowest BCUT2D eigenvalue weighted by Crippen LogP contribution is -2.17. The van der Waals surface area contributed by atoms with E-state index in [1.165, 1.54) is 5.56 Å². The number of nitrogens with zero attached hydrogens (tertiary/aromatic N) is 1. The smallest absolute Gasteiger partial charge is 0.343 e. The van der Waals surface area contributed by atoms with Crippen molar-refractivity contribution in [2.24, 2.45) is 5.92 Å². The number of aromatic amines is 1. The van der Waals surface area contributed by atoms with Gasteiger partial charge in [0.05, 0.1) is 22.3 Å². The van der Waals surface area contributed by atoms with Crippen molar-refractivity contribution in [3.8, 4) is 5.75 Å². The number of H-pyrrole nitrogens is 1. The van der Waals surface area contributed by atoms with Crippen LogP contribution in [0.1, 0.15) is 59.6 Å². The van der Waals surface area contributed by atoms with E-state index in [4.69, 9.17) is 4.42 Å². The Morgan fingerprint density at radius 2 is 1.63 bits per heavy atom. The second-order valence-corrected chi connectivity index (χ2v) is 12.8. The Bertz CT molecular complexity index is 1810. The van der Waals surface area contributed by atoms with Gasteiger partial charge in [-0.05, 0) is 66.8 Å². The second-order valence-electron chi connectivity index (χ2n) is 10.9. The molecule has 1 aliphatic rings. The van der Waals surface area contributed by atoms with Gasteiger partial charge in [-0.15, -0.1) is 0 Å². The van der Waals surface area contributed by atoms with E-state index in [2.05, 4.69) is 22.1 Å². The lowest BCUT2D eigenvalue weighted by molar-refractivity contribution is 0.400. The number of nitrogens with one attached hydrogen (secondary N) is 1. The first-order valence-corrected chi connectivity index (χ1v) is 15.7. The largest absolute Gasteiger partial charge is 0.507 e. The highest BCUT2D eigenvalue weighted by atomic mass is 32.2. The molecule has 7 nitrogen and oxygen atoms in total. The van der Waals surface area contributed by atoms with Crippen LogP contribution in [-0.2, 0) is 28.4 Å². The molecular formula is C33H32N2O5S. The zero-order valence-electron chi connectivity index (χ0n) is 22.6. The zero-order chi connectivity index (χ0) is 28.4. The second kappa shape index (κ2) is 11.4. The van der Waals surface area contributed by atoms with Crippen LogP contribution in [0.5, 0.6) is 5.75 Å². The molecule has 1 atom stereocenters. The standard InChI is InChI=1S/C33H32N2O5S/c36-29-20-26(14-5-4-11-22-9-2-1-3-10-22)40-32(37)31(29)30(24-17-18-24)25-13-8-12-23(19-25)21-41(38,39)33-34-27-15-6-7-16-28(27)35-33/h1-3,6-10,12-13,15-16,19-20,24,30,36H,4-5,11,14,17-18,21H2,(H,34,35). The number of fused-ring (bicyclic) bond motifs is 1. The average molecular weight is 569 g/mol. The third kappa shape index (κ3) is 6.12. The summed E-state index contributed by atoms with van der Waals surface area (Å²) in [5.41, 5.74) is 3.63. The molecule has 41 heavy (non-hydrogen) atoms. The fraction of sp³-hybridized carbons (Fsp3) is 0.273. The molecule has 2 N–H and O–H groups in total. The number of hydrogen-bond acceptors (Lipinski definition) is 6. The quantitative estimate of drug-likeness (QED) is 0.181. The SMILES string of the molecule is O=c1oc(CCCCc2ccccc2)cc(O)c1C(c1cccc(CS(=O)(=O)c2nc3ccccc3[nH]2)c1)C1CC1. The minimum absolute atomic E-state index is 0.0588. The van der Waals surface area contributed by atoms with Crippen molar-refractivity contribution in [3.05, 3.63) is 123 Å². The molecule has 3 aromatic carbocycles. The molecule has 0 spiro atoms. The van der Waals surface area contributed by atoms with Crippen LogP contribution >= 0.6 is 0 Å². The van der Waals surface area contributed by atoms with Crippen molar-refractivity contribution in [2.75, 3.05) is 0 Å². The molecule has 5 aromatic rings. The van der Waals surface area contributed by atoms with E-state index >= 15 is 0 Å². The normalized spacial score (nSPS) is 14.3. The van der Waals surface area contributed by atoms with E-state index in [0.29, 0.717) is 28.8 Å². The highest BCUT2D eigenvalue weighted by molar-refractivity contribution is 7.90. The fourth-order valence-corrected chi connectivity index (χ4v) is 6.82. The van der Waals surface area contributed by atoms with Gasteiger partial charge in [-0.3, -0.25) is 0 Å². The van der Waals surface area contributed by atoms with Crippen molar-refractivity contribution in [1.82, 2.24) is 9.97 Å². The molecule has 0 saturated heterocycles. The van der Waals surface area contributed by atoms with E-state index in [-0.39, 0.29) is 34.1 Å². The predicted molar refractivity (Wildman–Crippen MR) is 158 cm³/mol. The molecule has 1 aliphatic carbocycles. The van der Waals surface area contributed by atoms with Crippen LogP contribution in [0.3, 0.4) is 0 Å². The minimum atomic E-state index is -3.73. The summed E-state index contributed by atoms with van der Waals surface area (Å²) >= 11 is 0. The zero-order valence-corrected chi connectivity index (χ0v) is 23.4. The Kier molecular flexibility index (Phi) is 7.49. The topological polar surface area (TPSA) is 113 Å². The molecule has 2 heterocycles. The maximum atomic E-state index is 13.2. The summed E-state index contributed by atoms with van der Waals surface area (Å²) in [6, 6.07) is 26.3. The summed E-state index contributed by atoms with van der Waals surface area (Å²) in [6.45, 7) is 0. The molecule has 0 radical (unpaired) electrons. The van der Waals surface area contributed by atoms with Gasteiger partial charge in [0.25, 0.3) is 0 Å². The lowest BCUT2D eigenvalue weighted by atomic mass is 9.86. The minimum Gasteiger partial charge on any atom is -0.507 e. The molecule has 1 saturated carbocycles. The summed E-state index contributed by atoms with van der Waals surface area (Å²) in [6.07, 6.45) is 5.15. The third-order valence-corrected chi connectivity index (χ3v) is 9.23. The lowest BCUT2D eigenvalue weighted by Gasteiger charge is -2.18. The van der Waals surface area contributed by atoms with E-state index in [1.807, 2.05) is 42.5 Å². The molecule has 1 unspecified atom stereocenters. The van der Waals surface area contributed by atoms with E-state index in [9.17, 15) is 18.3 Å². The molecular weight excluding hydrogens is 536 g/mol. The van der Waals surface area contributed by atoms with Crippen LogP contribution in [0.2, 0.25) is 0 Å². The van der Waals surface area contributed by atoms with Gasteiger partial charge in [-0.25, -0.2) is 18.2 Å². The van der Waals surface area contributed by atoms with Crippen LogP contribution in [0.25, 0.3) is 11.0 Å². The molecule has 210 valence electrons. The maximum absolute atomic E-state index is 13.2. The summed E-state index contributed by atoms with van der Waals surface area (Å²) in [7, 11) is -3.73. The number of para-hydroxylation sites is 2.